The minimum atomic E-state index is -0.541. The van der Waals surface area contributed by atoms with E-state index in [1.807, 2.05) is 25.2 Å². The molecule has 25 heavy (non-hydrogen) atoms. The van der Waals surface area contributed by atoms with Crippen LogP contribution in [0.2, 0.25) is 0 Å². The van der Waals surface area contributed by atoms with Gasteiger partial charge in [-0.2, -0.15) is 0 Å². The van der Waals surface area contributed by atoms with Crippen molar-refractivity contribution in [3.8, 4) is 11.5 Å². The smallest absolute Gasteiger partial charge is 0.260 e. The third-order valence-electron chi connectivity index (χ3n) is 3.91. The molecule has 0 aliphatic carbocycles. The largest absolute Gasteiger partial charge is 0.497 e. The number of methoxy groups -OCH3 is 1. The lowest BCUT2D eigenvalue weighted by molar-refractivity contribution is -0.127. The van der Waals surface area contributed by atoms with Crippen molar-refractivity contribution >= 4 is 11.6 Å². The van der Waals surface area contributed by atoms with Crippen LogP contribution in [0.4, 0.5) is 5.69 Å². The fourth-order valence-electron chi connectivity index (χ4n) is 2.40. The van der Waals surface area contributed by atoms with Crippen LogP contribution in [0.1, 0.15) is 13.3 Å². The monoisotopic (exact) mass is 342 g/mol. The molecule has 0 radical (unpaired) electrons. The maximum absolute atomic E-state index is 12.1. The van der Waals surface area contributed by atoms with Crippen molar-refractivity contribution in [2.75, 3.05) is 32.1 Å². The maximum Gasteiger partial charge on any atom is 0.260 e. The van der Waals surface area contributed by atoms with Crippen molar-refractivity contribution in [2.45, 2.75) is 19.4 Å². The molecular formula is C20H26N2O3. The predicted molar refractivity (Wildman–Crippen MR) is 100 cm³/mol. The summed E-state index contributed by atoms with van der Waals surface area (Å²) in [5.74, 6) is 1.29. The van der Waals surface area contributed by atoms with E-state index in [1.165, 1.54) is 5.69 Å². The zero-order valence-corrected chi connectivity index (χ0v) is 15.1. The van der Waals surface area contributed by atoms with Crippen LogP contribution in [0.25, 0.3) is 0 Å². The molecule has 5 heteroatoms. The molecule has 2 rings (SSSR count). The molecule has 0 heterocycles. The third-order valence-corrected chi connectivity index (χ3v) is 3.91. The molecule has 0 aliphatic heterocycles. The van der Waals surface area contributed by atoms with Gasteiger partial charge in [-0.25, -0.2) is 0 Å². The molecule has 0 aliphatic rings. The highest BCUT2D eigenvalue weighted by Crippen LogP contribution is 2.18. The van der Waals surface area contributed by atoms with Crippen molar-refractivity contribution in [2.24, 2.45) is 0 Å². The second-order valence-electron chi connectivity index (χ2n) is 5.84. The van der Waals surface area contributed by atoms with Crippen molar-refractivity contribution < 1.29 is 14.3 Å². The fraction of sp³-hybridized carbons (Fsp3) is 0.350. The van der Waals surface area contributed by atoms with Gasteiger partial charge in [-0.15, -0.1) is 0 Å². The highest BCUT2D eigenvalue weighted by Gasteiger charge is 2.14. The molecule has 0 saturated carbocycles. The number of amides is 1. The molecule has 1 atom stereocenters. The van der Waals surface area contributed by atoms with Gasteiger partial charge in [-0.05, 0) is 49.7 Å². The first-order chi connectivity index (χ1) is 12.1. The first kappa shape index (κ1) is 18.6. The number of carbonyl (C=O) groups excluding carboxylic acids is 1. The van der Waals surface area contributed by atoms with Gasteiger partial charge in [0, 0.05) is 25.8 Å². The number of para-hydroxylation sites is 1. The number of anilines is 1. The van der Waals surface area contributed by atoms with Crippen molar-refractivity contribution in [3.05, 3.63) is 54.6 Å². The minimum Gasteiger partial charge on any atom is -0.497 e. The quantitative estimate of drug-likeness (QED) is 0.712. The normalized spacial score (nSPS) is 11.5. The van der Waals surface area contributed by atoms with Gasteiger partial charge in [0.2, 0.25) is 0 Å². The Hall–Kier alpha value is -2.69. The predicted octanol–water partition coefficient (Wildman–Crippen LogP) is 3.11. The Balaban J connectivity index is 1.68. The summed E-state index contributed by atoms with van der Waals surface area (Å²) in [6.45, 7) is 3.24. The Bertz CT molecular complexity index is 644. The van der Waals surface area contributed by atoms with Crippen molar-refractivity contribution in [3.63, 3.8) is 0 Å². The van der Waals surface area contributed by atoms with Gasteiger partial charge in [0.05, 0.1) is 7.11 Å². The van der Waals surface area contributed by atoms with E-state index in [4.69, 9.17) is 9.47 Å². The molecule has 2 aromatic rings. The van der Waals surface area contributed by atoms with E-state index in [-0.39, 0.29) is 5.91 Å². The van der Waals surface area contributed by atoms with Gasteiger partial charge >= 0.3 is 0 Å². The molecule has 1 N–H and O–H groups in total. The Labute approximate surface area is 149 Å². The lowest BCUT2D eigenvalue weighted by atomic mass is 10.3. The molecule has 5 nitrogen and oxygen atoms in total. The first-order valence-corrected chi connectivity index (χ1v) is 8.45. The lowest BCUT2D eigenvalue weighted by Gasteiger charge is -2.19. The molecule has 0 spiro atoms. The zero-order chi connectivity index (χ0) is 18.1. The molecule has 0 saturated heterocycles. The molecule has 0 fully saturated rings. The second kappa shape index (κ2) is 9.57. The van der Waals surface area contributed by atoms with Crippen LogP contribution >= 0.6 is 0 Å². The van der Waals surface area contributed by atoms with Gasteiger partial charge in [-0.1, -0.05) is 18.2 Å². The Kier molecular flexibility index (Phi) is 7.14. The number of hydrogen-bond donors (Lipinski definition) is 1. The maximum atomic E-state index is 12.1. The van der Waals surface area contributed by atoms with Crippen LogP contribution in [0.3, 0.4) is 0 Å². The van der Waals surface area contributed by atoms with Crippen LogP contribution < -0.4 is 19.7 Å². The van der Waals surface area contributed by atoms with E-state index in [0.717, 1.165) is 18.7 Å². The molecule has 2 aromatic carbocycles. The third kappa shape index (κ3) is 6.03. The summed E-state index contributed by atoms with van der Waals surface area (Å²) in [6, 6.07) is 17.4. The lowest BCUT2D eigenvalue weighted by Crippen LogP contribution is -2.37. The number of ether oxygens (including phenoxy) is 2. The van der Waals surface area contributed by atoms with Gasteiger partial charge in [0.1, 0.15) is 11.5 Å². The Morgan fingerprint density at radius 3 is 2.36 bits per heavy atom. The first-order valence-electron chi connectivity index (χ1n) is 8.45. The van der Waals surface area contributed by atoms with Gasteiger partial charge in [0.15, 0.2) is 6.10 Å². The average molecular weight is 342 g/mol. The van der Waals surface area contributed by atoms with Crippen LogP contribution in [0.15, 0.2) is 54.6 Å². The summed E-state index contributed by atoms with van der Waals surface area (Å²) in [5.41, 5.74) is 1.17. The standard InChI is InChI=1S/C20H26N2O3/c1-16(25-19-12-10-18(24-3)11-13-19)20(23)21-14-7-15-22(2)17-8-5-4-6-9-17/h4-6,8-13,16H,7,14-15H2,1-3H3,(H,21,23)/t16-/m0/s1. The van der Waals surface area contributed by atoms with E-state index >= 15 is 0 Å². The molecule has 0 aromatic heterocycles. The van der Waals surface area contributed by atoms with E-state index in [0.29, 0.717) is 12.3 Å². The van der Waals surface area contributed by atoms with E-state index in [1.54, 1.807) is 38.3 Å². The number of hydrogen-bond acceptors (Lipinski definition) is 4. The summed E-state index contributed by atoms with van der Waals surface area (Å²) in [5, 5.41) is 2.92. The van der Waals surface area contributed by atoms with Crippen LogP contribution in [0, 0.1) is 0 Å². The second-order valence-corrected chi connectivity index (χ2v) is 5.84. The molecule has 0 bridgehead atoms. The number of nitrogens with one attached hydrogen (secondary N) is 1. The zero-order valence-electron chi connectivity index (χ0n) is 15.1. The SMILES string of the molecule is COc1ccc(O[C@@H](C)C(=O)NCCCN(C)c2ccccc2)cc1. The number of carbonyl (C=O) groups is 1. The molecule has 0 unspecified atom stereocenters. The average Bonchev–Trinajstić information content (AvgIpc) is 2.66. The topological polar surface area (TPSA) is 50.8 Å². The Morgan fingerprint density at radius 2 is 1.72 bits per heavy atom. The molecule has 1 amide bonds. The van der Waals surface area contributed by atoms with Crippen molar-refractivity contribution in [1.29, 1.82) is 0 Å². The number of benzene rings is 2. The molecule has 134 valence electrons. The highest BCUT2D eigenvalue weighted by molar-refractivity contribution is 5.80. The van der Waals surface area contributed by atoms with E-state index < -0.39 is 6.10 Å². The fourth-order valence-corrected chi connectivity index (χ4v) is 2.40. The highest BCUT2D eigenvalue weighted by atomic mass is 16.5. The number of rotatable bonds is 9. The Morgan fingerprint density at radius 1 is 1.08 bits per heavy atom. The molecular weight excluding hydrogens is 316 g/mol. The van der Waals surface area contributed by atoms with Gasteiger partial charge < -0.3 is 19.7 Å². The van der Waals surface area contributed by atoms with Gasteiger partial charge in [0.25, 0.3) is 5.91 Å². The summed E-state index contributed by atoms with van der Waals surface area (Å²) >= 11 is 0. The van der Waals surface area contributed by atoms with Crippen LogP contribution in [-0.2, 0) is 4.79 Å². The summed E-state index contributed by atoms with van der Waals surface area (Å²) in [7, 11) is 3.66. The summed E-state index contributed by atoms with van der Waals surface area (Å²) in [4.78, 5) is 14.3. The minimum absolute atomic E-state index is 0.113. The number of nitrogens with zero attached hydrogens (tertiary/aromatic N) is 1. The summed E-state index contributed by atoms with van der Waals surface area (Å²) < 4.78 is 10.7. The van der Waals surface area contributed by atoms with Gasteiger partial charge in [-0.3, -0.25) is 4.79 Å². The van der Waals surface area contributed by atoms with E-state index in [2.05, 4.69) is 22.3 Å². The van der Waals surface area contributed by atoms with Crippen molar-refractivity contribution in [1.82, 2.24) is 5.32 Å². The van der Waals surface area contributed by atoms with E-state index in [9.17, 15) is 4.79 Å². The van der Waals surface area contributed by atoms with Crippen LogP contribution in [0.5, 0.6) is 11.5 Å². The van der Waals surface area contributed by atoms with Crippen LogP contribution in [-0.4, -0.2) is 39.3 Å². The summed E-state index contributed by atoms with van der Waals surface area (Å²) in [6.07, 6.45) is 0.326.